The van der Waals surface area contributed by atoms with E-state index in [4.69, 9.17) is 5.73 Å². The lowest BCUT2D eigenvalue weighted by atomic mass is 10.1. The number of pyridine rings is 1. The van der Waals surface area contributed by atoms with Gasteiger partial charge in [0.1, 0.15) is 11.7 Å². The minimum Gasteiger partial charge on any atom is -0.468 e. The Labute approximate surface area is 92.6 Å². The van der Waals surface area contributed by atoms with Crippen LogP contribution in [0.25, 0.3) is 11.0 Å². The summed E-state index contributed by atoms with van der Waals surface area (Å²) in [6, 6.07) is 3.16. The molecule has 0 aliphatic carbocycles. The van der Waals surface area contributed by atoms with Crippen LogP contribution in [-0.2, 0) is 16.0 Å². The van der Waals surface area contributed by atoms with Crippen molar-refractivity contribution in [3.63, 3.8) is 0 Å². The highest BCUT2D eigenvalue weighted by atomic mass is 16.5. The summed E-state index contributed by atoms with van der Waals surface area (Å²) in [6.45, 7) is 0. The third-order valence-electron chi connectivity index (χ3n) is 2.48. The molecule has 1 atom stereocenters. The van der Waals surface area contributed by atoms with Gasteiger partial charge in [-0.15, -0.1) is 0 Å². The van der Waals surface area contributed by atoms with Crippen LogP contribution in [0.4, 0.5) is 0 Å². The van der Waals surface area contributed by atoms with Gasteiger partial charge >= 0.3 is 5.97 Å². The summed E-state index contributed by atoms with van der Waals surface area (Å²) in [5, 5.41) is 0.988. The van der Waals surface area contributed by atoms with Crippen molar-refractivity contribution in [2.24, 2.45) is 5.73 Å². The van der Waals surface area contributed by atoms with Crippen LogP contribution in [0.1, 0.15) is 5.56 Å². The summed E-state index contributed by atoms with van der Waals surface area (Å²) in [6.07, 6.45) is 3.97. The van der Waals surface area contributed by atoms with Crippen LogP contribution < -0.4 is 5.73 Å². The lowest BCUT2D eigenvalue weighted by Crippen LogP contribution is -2.33. The molecule has 0 saturated carbocycles. The second-order valence-corrected chi connectivity index (χ2v) is 3.55. The molecule has 0 saturated heterocycles. The summed E-state index contributed by atoms with van der Waals surface area (Å²) < 4.78 is 4.58. The number of rotatable bonds is 3. The number of carbonyl (C=O) groups excluding carboxylic acids is 1. The number of fused-ring (bicyclic) bond motifs is 1. The van der Waals surface area contributed by atoms with Crippen molar-refractivity contribution in [3.8, 4) is 0 Å². The van der Waals surface area contributed by atoms with E-state index >= 15 is 0 Å². The topological polar surface area (TPSA) is 81.0 Å². The maximum atomic E-state index is 11.2. The number of nitrogens with two attached hydrogens (primary N) is 1. The largest absolute Gasteiger partial charge is 0.468 e. The Hall–Kier alpha value is -1.88. The average molecular weight is 219 g/mol. The highest BCUT2D eigenvalue weighted by molar-refractivity contribution is 5.81. The molecule has 0 bridgehead atoms. The van der Waals surface area contributed by atoms with Gasteiger partial charge in [0.05, 0.1) is 7.11 Å². The monoisotopic (exact) mass is 219 g/mol. The molecule has 0 aromatic carbocycles. The Bertz CT molecular complexity index is 507. The van der Waals surface area contributed by atoms with Gasteiger partial charge in [-0.3, -0.25) is 4.79 Å². The average Bonchev–Trinajstić information content (AvgIpc) is 2.72. The maximum absolute atomic E-state index is 11.2. The van der Waals surface area contributed by atoms with Crippen molar-refractivity contribution in [2.45, 2.75) is 12.5 Å². The SMILES string of the molecule is COC(=O)[C@@H](N)Cc1c[nH]c2ncccc12. The number of H-pyrrole nitrogens is 1. The number of hydrogen-bond acceptors (Lipinski definition) is 4. The number of nitrogens with zero attached hydrogens (tertiary/aromatic N) is 1. The molecule has 0 spiro atoms. The third kappa shape index (κ3) is 1.90. The molecule has 0 fully saturated rings. The Kier molecular flexibility index (Phi) is 2.87. The van der Waals surface area contributed by atoms with Gasteiger partial charge < -0.3 is 15.5 Å². The van der Waals surface area contributed by atoms with Crippen molar-refractivity contribution in [3.05, 3.63) is 30.1 Å². The predicted octanol–water partition coefficient (Wildman–Crippen LogP) is 0.606. The van der Waals surface area contributed by atoms with E-state index < -0.39 is 12.0 Å². The van der Waals surface area contributed by atoms with E-state index in [0.29, 0.717) is 6.42 Å². The smallest absolute Gasteiger partial charge is 0.322 e. The quantitative estimate of drug-likeness (QED) is 0.741. The zero-order valence-electron chi connectivity index (χ0n) is 8.93. The van der Waals surface area contributed by atoms with E-state index in [-0.39, 0.29) is 0 Å². The number of carbonyl (C=O) groups is 1. The van der Waals surface area contributed by atoms with Crippen LogP contribution in [-0.4, -0.2) is 29.1 Å². The number of esters is 1. The van der Waals surface area contributed by atoms with Crippen molar-refractivity contribution in [1.82, 2.24) is 9.97 Å². The van der Waals surface area contributed by atoms with Crippen LogP contribution in [0.2, 0.25) is 0 Å². The van der Waals surface area contributed by atoms with Crippen molar-refractivity contribution >= 4 is 17.0 Å². The first-order chi connectivity index (χ1) is 7.72. The molecule has 0 aliphatic heterocycles. The number of methoxy groups -OCH3 is 1. The number of aromatic amines is 1. The van der Waals surface area contributed by atoms with Crippen molar-refractivity contribution in [2.75, 3.05) is 7.11 Å². The lowest BCUT2D eigenvalue weighted by Gasteiger charge is -2.07. The fraction of sp³-hybridized carbons (Fsp3) is 0.273. The molecule has 0 amide bonds. The highest BCUT2D eigenvalue weighted by Crippen LogP contribution is 2.16. The van der Waals surface area contributed by atoms with E-state index in [1.807, 2.05) is 18.3 Å². The fourth-order valence-corrected chi connectivity index (χ4v) is 1.65. The third-order valence-corrected chi connectivity index (χ3v) is 2.48. The van der Waals surface area contributed by atoms with E-state index in [0.717, 1.165) is 16.6 Å². The molecule has 2 rings (SSSR count). The zero-order valence-corrected chi connectivity index (χ0v) is 8.93. The summed E-state index contributed by atoms with van der Waals surface area (Å²) in [4.78, 5) is 18.4. The van der Waals surface area contributed by atoms with Gasteiger partial charge in [0.25, 0.3) is 0 Å². The molecule has 2 aromatic heterocycles. The second kappa shape index (κ2) is 4.32. The van der Waals surface area contributed by atoms with Gasteiger partial charge in [-0.25, -0.2) is 4.98 Å². The molecule has 0 aliphatic rings. The molecule has 2 heterocycles. The number of ether oxygens (including phenoxy) is 1. The van der Waals surface area contributed by atoms with E-state index in [1.54, 1.807) is 6.20 Å². The Balaban J connectivity index is 2.24. The second-order valence-electron chi connectivity index (χ2n) is 3.55. The molecule has 0 radical (unpaired) electrons. The van der Waals surface area contributed by atoms with Gasteiger partial charge in [0.2, 0.25) is 0 Å². The molecule has 5 nitrogen and oxygen atoms in total. The van der Waals surface area contributed by atoms with E-state index in [2.05, 4.69) is 14.7 Å². The summed E-state index contributed by atoms with van der Waals surface area (Å²) in [7, 11) is 1.33. The van der Waals surface area contributed by atoms with Gasteiger partial charge in [-0.1, -0.05) is 0 Å². The summed E-state index contributed by atoms with van der Waals surface area (Å²) in [5.41, 5.74) is 7.47. The number of aromatic nitrogens is 2. The first-order valence-electron chi connectivity index (χ1n) is 4.96. The molecule has 3 N–H and O–H groups in total. The van der Waals surface area contributed by atoms with Gasteiger partial charge in [-0.05, 0) is 17.7 Å². The van der Waals surface area contributed by atoms with Gasteiger partial charge in [0, 0.05) is 24.2 Å². The number of nitrogens with one attached hydrogen (secondary N) is 1. The zero-order chi connectivity index (χ0) is 11.5. The minimum atomic E-state index is -0.635. The predicted molar refractivity (Wildman–Crippen MR) is 59.8 cm³/mol. The lowest BCUT2D eigenvalue weighted by molar-refractivity contribution is -0.142. The minimum absolute atomic E-state index is 0.404. The Morgan fingerprint density at radius 2 is 2.50 bits per heavy atom. The molecule has 5 heteroatoms. The fourth-order valence-electron chi connectivity index (χ4n) is 1.65. The Morgan fingerprint density at radius 3 is 3.25 bits per heavy atom. The standard InChI is InChI=1S/C11H13N3O2/c1-16-11(15)9(12)5-7-6-14-10-8(7)3-2-4-13-10/h2-4,6,9H,5,12H2,1H3,(H,13,14)/t9-/m0/s1. The molecule has 84 valence electrons. The maximum Gasteiger partial charge on any atom is 0.322 e. The van der Waals surface area contributed by atoms with Crippen LogP contribution >= 0.6 is 0 Å². The molecular formula is C11H13N3O2. The highest BCUT2D eigenvalue weighted by Gasteiger charge is 2.16. The molecule has 2 aromatic rings. The summed E-state index contributed by atoms with van der Waals surface area (Å²) in [5.74, 6) is -0.404. The number of hydrogen-bond donors (Lipinski definition) is 2. The molecular weight excluding hydrogens is 206 g/mol. The molecule has 0 unspecified atom stereocenters. The van der Waals surface area contributed by atoms with Crippen LogP contribution in [0.5, 0.6) is 0 Å². The van der Waals surface area contributed by atoms with Gasteiger partial charge in [-0.2, -0.15) is 0 Å². The van der Waals surface area contributed by atoms with E-state index in [9.17, 15) is 4.79 Å². The molecule has 16 heavy (non-hydrogen) atoms. The van der Waals surface area contributed by atoms with Crippen LogP contribution in [0, 0.1) is 0 Å². The van der Waals surface area contributed by atoms with Crippen molar-refractivity contribution < 1.29 is 9.53 Å². The van der Waals surface area contributed by atoms with Crippen LogP contribution in [0.15, 0.2) is 24.5 Å². The summed E-state index contributed by atoms with van der Waals surface area (Å²) >= 11 is 0. The van der Waals surface area contributed by atoms with E-state index in [1.165, 1.54) is 7.11 Å². The van der Waals surface area contributed by atoms with Gasteiger partial charge in [0.15, 0.2) is 0 Å². The van der Waals surface area contributed by atoms with Crippen LogP contribution in [0.3, 0.4) is 0 Å². The first-order valence-corrected chi connectivity index (χ1v) is 4.96. The van der Waals surface area contributed by atoms with Crippen molar-refractivity contribution in [1.29, 1.82) is 0 Å². The first kappa shape index (κ1) is 10.6. The Morgan fingerprint density at radius 1 is 1.69 bits per heavy atom. The normalized spacial score (nSPS) is 12.6.